The van der Waals surface area contributed by atoms with E-state index in [9.17, 15) is 50.4 Å². The Kier molecular flexibility index (Phi) is 9.75. The van der Waals surface area contributed by atoms with Crippen molar-refractivity contribution in [1.29, 1.82) is 0 Å². The number of alkyl halides is 5. The summed E-state index contributed by atoms with van der Waals surface area (Å²) >= 11 is 0.529. The van der Waals surface area contributed by atoms with Crippen LogP contribution < -0.4 is 10.7 Å². The maximum Gasteiger partial charge on any atom is 0.418 e. The second-order valence-electron chi connectivity index (χ2n) is 11.4. The number of fused-ring (bicyclic) bond motifs is 1. The fourth-order valence-corrected chi connectivity index (χ4v) is 7.49. The van der Waals surface area contributed by atoms with Crippen LogP contribution in [-0.4, -0.2) is 80.5 Å². The zero-order chi connectivity index (χ0) is 33.6. The molecule has 4 unspecified atom stereocenters. The maximum atomic E-state index is 14.1. The summed E-state index contributed by atoms with van der Waals surface area (Å²) in [5.74, 6) is -7.84. The molecule has 2 aromatic rings. The summed E-state index contributed by atoms with van der Waals surface area (Å²) < 4.78 is 123. The number of aliphatic hydroxyl groups is 3. The van der Waals surface area contributed by atoms with E-state index in [1.54, 1.807) is 0 Å². The van der Waals surface area contributed by atoms with Crippen LogP contribution in [0.25, 0.3) is 5.57 Å². The first-order chi connectivity index (χ1) is 21.5. The first-order valence-corrected chi connectivity index (χ1v) is 15.1. The van der Waals surface area contributed by atoms with Crippen molar-refractivity contribution < 1.29 is 64.9 Å². The molecule has 252 valence electrons. The predicted octanol–water partition coefficient (Wildman–Crippen LogP) is 2.60. The first kappa shape index (κ1) is 34.5. The van der Waals surface area contributed by atoms with Crippen LogP contribution in [0.4, 0.5) is 35.1 Å². The van der Waals surface area contributed by atoms with Gasteiger partial charge < -0.3 is 30.5 Å². The third-order valence-corrected chi connectivity index (χ3v) is 9.97. The van der Waals surface area contributed by atoms with Gasteiger partial charge in [-0.15, -0.1) is 11.8 Å². The fourth-order valence-electron chi connectivity index (χ4n) is 5.89. The van der Waals surface area contributed by atoms with Gasteiger partial charge in [-0.25, -0.2) is 26.9 Å². The molecule has 46 heavy (non-hydrogen) atoms. The summed E-state index contributed by atoms with van der Waals surface area (Å²) in [5.41, 5.74) is -0.111. The number of allylic oxidation sites excluding steroid dienone is 1. The molecule has 0 spiro atoms. The van der Waals surface area contributed by atoms with E-state index in [-0.39, 0.29) is 17.7 Å². The highest BCUT2D eigenvalue weighted by Crippen LogP contribution is 2.53. The second kappa shape index (κ2) is 13.0. The van der Waals surface area contributed by atoms with Crippen molar-refractivity contribution in [2.24, 2.45) is 5.73 Å². The van der Waals surface area contributed by atoms with Gasteiger partial charge in [0.25, 0.3) is 0 Å². The summed E-state index contributed by atoms with van der Waals surface area (Å²) in [4.78, 5) is 6.68. The monoisotopic (exact) mass is 684 g/mol. The molecule has 0 radical (unpaired) electrons. The van der Waals surface area contributed by atoms with E-state index in [4.69, 9.17) is 15.2 Å². The largest absolute Gasteiger partial charge is 0.418 e. The molecule has 6 N–H and O–H groups in total. The number of benzene rings is 1. The molecule has 3 aliphatic rings. The Hall–Kier alpha value is -2.83. The van der Waals surface area contributed by atoms with Gasteiger partial charge in [-0.2, -0.15) is 13.2 Å². The summed E-state index contributed by atoms with van der Waals surface area (Å²) in [6.45, 7) is -0.257. The number of aromatic nitrogens is 1. The van der Waals surface area contributed by atoms with E-state index in [0.717, 1.165) is 30.7 Å². The average molecular weight is 685 g/mol. The molecular formula is C29H30F8N3O5S+. The highest BCUT2D eigenvalue weighted by molar-refractivity contribution is 8.00. The Morgan fingerprint density at radius 2 is 1.74 bits per heavy atom. The number of hydrogen-bond acceptors (Lipinski definition) is 8. The van der Waals surface area contributed by atoms with E-state index >= 15 is 0 Å². The van der Waals surface area contributed by atoms with Crippen LogP contribution in [0.2, 0.25) is 0 Å². The van der Waals surface area contributed by atoms with Gasteiger partial charge in [-0.3, -0.25) is 4.98 Å². The molecule has 2 aliphatic heterocycles. The average Bonchev–Trinajstić information content (AvgIpc) is 3.37. The van der Waals surface area contributed by atoms with Gasteiger partial charge in [0.1, 0.15) is 17.6 Å². The van der Waals surface area contributed by atoms with Gasteiger partial charge in [-0.05, 0) is 42.7 Å². The SMILES string of the molecule is N/C=C(\C=[NH+]C1C(O)[C@H](S[C@H](c2ncccc2C(F)(F)F)C2(O)CCC(F)(F)CC2)OC2C(O)CO[C@H]12)c1cc(F)c(F)c(F)c1. The third-order valence-electron chi connectivity index (χ3n) is 8.38. The lowest BCUT2D eigenvalue weighted by atomic mass is 9.79. The van der Waals surface area contributed by atoms with E-state index in [2.05, 4.69) is 9.98 Å². The minimum atomic E-state index is -4.94. The quantitative estimate of drug-likeness (QED) is 0.171. The molecule has 8 nitrogen and oxygen atoms in total. The maximum absolute atomic E-state index is 14.1. The molecule has 1 aromatic heterocycles. The molecule has 7 atom stereocenters. The molecule has 0 amide bonds. The summed E-state index contributed by atoms with van der Waals surface area (Å²) in [5, 5.41) is 32.0. The van der Waals surface area contributed by atoms with Crippen LogP contribution >= 0.6 is 11.8 Å². The van der Waals surface area contributed by atoms with E-state index in [1.165, 1.54) is 0 Å². The molecular weight excluding hydrogens is 654 g/mol. The van der Waals surface area contributed by atoms with Crippen molar-refractivity contribution in [2.45, 2.75) is 84.5 Å². The van der Waals surface area contributed by atoms with Crippen molar-refractivity contribution in [2.75, 3.05) is 6.61 Å². The molecule has 17 heteroatoms. The lowest BCUT2D eigenvalue weighted by Crippen LogP contribution is -2.87. The number of ether oxygens (including phenoxy) is 2. The Morgan fingerprint density at radius 1 is 1.09 bits per heavy atom. The van der Waals surface area contributed by atoms with Crippen LogP contribution in [0.1, 0.15) is 47.8 Å². The van der Waals surface area contributed by atoms with Crippen LogP contribution in [0.5, 0.6) is 0 Å². The highest BCUT2D eigenvalue weighted by atomic mass is 32.2. The minimum Gasteiger partial charge on any atom is -0.404 e. The summed E-state index contributed by atoms with van der Waals surface area (Å²) in [7, 11) is 0. The molecule has 2 saturated heterocycles. The van der Waals surface area contributed by atoms with Gasteiger partial charge in [0.05, 0.1) is 34.3 Å². The Morgan fingerprint density at radius 3 is 2.35 bits per heavy atom. The van der Waals surface area contributed by atoms with Crippen LogP contribution in [0.15, 0.2) is 36.7 Å². The second-order valence-corrected chi connectivity index (χ2v) is 12.7. The number of halogens is 8. The van der Waals surface area contributed by atoms with E-state index in [0.29, 0.717) is 23.9 Å². The van der Waals surface area contributed by atoms with Gasteiger partial charge in [-0.1, -0.05) is 0 Å². The van der Waals surface area contributed by atoms with Crippen LogP contribution in [-0.2, 0) is 15.7 Å². The molecule has 0 bridgehead atoms. The zero-order valence-electron chi connectivity index (χ0n) is 23.7. The van der Waals surface area contributed by atoms with Gasteiger partial charge in [0.2, 0.25) is 12.0 Å². The number of rotatable bonds is 7. The van der Waals surface area contributed by atoms with Crippen molar-refractivity contribution in [1.82, 2.24) is 4.98 Å². The zero-order valence-corrected chi connectivity index (χ0v) is 24.5. The molecule has 5 rings (SSSR count). The topological polar surface area (TPSA) is 132 Å². The number of hydrogen-bond donors (Lipinski definition) is 5. The molecule has 1 saturated carbocycles. The first-order valence-electron chi connectivity index (χ1n) is 14.1. The van der Waals surface area contributed by atoms with Gasteiger partial charge >= 0.3 is 6.18 Å². The molecule has 3 fully saturated rings. The van der Waals surface area contributed by atoms with E-state index in [1.807, 2.05) is 0 Å². The number of nitrogens with zero attached hydrogens (tertiary/aromatic N) is 1. The molecule has 1 aliphatic carbocycles. The number of aliphatic hydroxyl groups excluding tert-OH is 2. The van der Waals surface area contributed by atoms with Crippen LogP contribution in [0.3, 0.4) is 0 Å². The molecule has 3 heterocycles. The number of nitrogens with two attached hydrogens (primary N) is 1. The predicted molar refractivity (Wildman–Crippen MR) is 148 cm³/mol. The summed E-state index contributed by atoms with van der Waals surface area (Å²) in [6, 6.07) is 1.93. The van der Waals surface area contributed by atoms with Crippen molar-refractivity contribution in [3.05, 3.63) is 70.9 Å². The third kappa shape index (κ3) is 6.89. The molecule has 1 aromatic carbocycles. The van der Waals surface area contributed by atoms with Gasteiger partial charge in [0.15, 0.2) is 35.9 Å². The number of thioether (sulfide) groups is 1. The number of nitrogens with one attached hydrogen (secondary N) is 1. The number of pyridine rings is 1. The smallest absolute Gasteiger partial charge is 0.404 e. The van der Waals surface area contributed by atoms with Crippen LogP contribution in [0, 0.1) is 17.5 Å². The highest BCUT2D eigenvalue weighted by Gasteiger charge is 2.57. The Labute approximate surface area is 261 Å². The minimum absolute atomic E-state index is 0.0607. The Bertz CT molecular complexity index is 1460. The van der Waals surface area contributed by atoms with Crippen molar-refractivity contribution in [3.63, 3.8) is 0 Å². The summed E-state index contributed by atoms with van der Waals surface area (Å²) in [6.07, 6.45) is -9.74. The van der Waals surface area contributed by atoms with E-state index < -0.39 is 113 Å². The fraction of sp³-hybridized carbons (Fsp3) is 0.517. The Balaban J connectivity index is 1.51. The lowest BCUT2D eigenvalue weighted by molar-refractivity contribution is -0.535. The standard InChI is InChI=1S/C29H29F8N3O5S/c30-16-8-13(9-17(31)19(16)32)14(10-38)11-40-21-22(42)26(45-23-18(41)12-44-24(21)23)46-25(27(43)3-5-28(33,34)6-4-27)20-15(29(35,36)37)2-1-7-39-20/h1-2,7-11,18,21-26,41-43H,3-6,12,38H2/p+1/b14-10+,40-11?/t18?,21?,22?,23?,24-,25-,26+/m1/s1. The van der Waals surface area contributed by atoms with Crippen molar-refractivity contribution >= 4 is 23.5 Å². The lowest BCUT2D eigenvalue weighted by Gasteiger charge is -2.44. The normalized spacial score (nSPS) is 30.4. The van der Waals surface area contributed by atoms with Crippen molar-refractivity contribution in [3.8, 4) is 0 Å². The van der Waals surface area contributed by atoms with Gasteiger partial charge in [0, 0.05) is 25.2 Å².